The summed E-state index contributed by atoms with van der Waals surface area (Å²) in [5.41, 5.74) is 0. The van der Waals surface area contributed by atoms with Crippen molar-refractivity contribution in [1.82, 2.24) is 0 Å². The highest BCUT2D eigenvalue weighted by Gasteiger charge is 2.19. The summed E-state index contributed by atoms with van der Waals surface area (Å²) in [7, 11) is 0. The molecule has 0 N–H and O–H groups in total. The molecule has 0 radical (unpaired) electrons. The summed E-state index contributed by atoms with van der Waals surface area (Å²) in [4.78, 5) is 38.1. The zero-order valence-corrected chi connectivity index (χ0v) is 44.9. The fourth-order valence-electron chi connectivity index (χ4n) is 8.07. The van der Waals surface area contributed by atoms with Gasteiger partial charge in [0.15, 0.2) is 6.10 Å². The molecule has 0 spiro atoms. The SMILES string of the molecule is CC/C=C\C/C=C\C/C=C\CCCCCC(=O)OCC(COC(=O)CCCCCCCCCCCCC/C=C\C/C=C\CCCCCCC)OC(=O)CCCCCCC/C=C\CCCCCCC. The van der Waals surface area contributed by atoms with Gasteiger partial charge in [-0.1, -0.05) is 229 Å². The molecule has 6 heteroatoms. The standard InChI is InChI=1S/C62H108O6/c1-4-7-10-13-16-19-22-25-27-28-29-30-31-32-33-34-35-38-40-43-46-49-52-55-61(64)67-58-59(57-66-60(63)54-51-48-45-42-39-36-24-21-18-15-12-9-6-3)68-62(65)56-53-50-47-44-41-37-26-23-20-17-14-11-8-5-2/h9,12,18,21-23,25-26,28-29,36,39,59H,4-8,10-11,13-17,19-20,24,27,30-35,37-38,40-58H2,1-3H3/b12-9-,21-18-,25-22-,26-23-,29-28-,39-36-. The maximum absolute atomic E-state index is 12.8. The Morgan fingerprint density at radius 3 is 0.926 bits per heavy atom. The lowest BCUT2D eigenvalue weighted by molar-refractivity contribution is -0.167. The van der Waals surface area contributed by atoms with Gasteiger partial charge < -0.3 is 14.2 Å². The lowest BCUT2D eigenvalue weighted by Crippen LogP contribution is -2.30. The fraction of sp³-hybridized carbons (Fsp3) is 0.758. The Kier molecular flexibility index (Phi) is 53.8. The molecular weight excluding hydrogens is 841 g/mol. The van der Waals surface area contributed by atoms with Crippen LogP contribution in [-0.2, 0) is 28.6 Å². The molecule has 1 unspecified atom stereocenters. The van der Waals surface area contributed by atoms with Gasteiger partial charge in [0.1, 0.15) is 13.2 Å². The van der Waals surface area contributed by atoms with E-state index in [9.17, 15) is 14.4 Å². The Hall–Kier alpha value is -3.15. The van der Waals surface area contributed by atoms with Crippen LogP contribution in [0, 0.1) is 0 Å². The van der Waals surface area contributed by atoms with E-state index in [4.69, 9.17) is 14.2 Å². The second-order valence-corrected chi connectivity index (χ2v) is 19.2. The molecule has 0 aromatic rings. The van der Waals surface area contributed by atoms with Crippen molar-refractivity contribution in [2.24, 2.45) is 0 Å². The van der Waals surface area contributed by atoms with E-state index in [0.29, 0.717) is 19.3 Å². The highest BCUT2D eigenvalue weighted by Crippen LogP contribution is 2.15. The van der Waals surface area contributed by atoms with Crippen LogP contribution in [0.25, 0.3) is 0 Å². The number of ether oxygens (including phenoxy) is 3. The lowest BCUT2D eigenvalue weighted by Gasteiger charge is -2.18. The summed E-state index contributed by atoms with van der Waals surface area (Å²) in [5, 5.41) is 0. The van der Waals surface area contributed by atoms with E-state index in [1.165, 1.54) is 141 Å². The molecule has 6 nitrogen and oxygen atoms in total. The molecule has 1 atom stereocenters. The lowest BCUT2D eigenvalue weighted by atomic mass is 10.0. The van der Waals surface area contributed by atoms with Crippen LogP contribution < -0.4 is 0 Å². The van der Waals surface area contributed by atoms with Crippen molar-refractivity contribution in [2.45, 2.75) is 290 Å². The van der Waals surface area contributed by atoms with Crippen molar-refractivity contribution in [2.75, 3.05) is 13.2 Å². The molecule has 0 saturated carbocycles. The Balaban J connectivity index is 4.32. The van der Waals surface area contributed by atoms with E-state index in [0.717, 1.165) is 103 Å². The van der Waals surface area contributed by atoms with E-state index in [1.807, 2.05) is 0 Å². The van der Waals surface area contributed by atoms with E-state index in [1.54, 1.807) is 0 Å². The predicted molar refractivity (Wildman–Crippen MR) is 293 cm³/mol. The maximum atomic E-state index is 12.8. The Labute approximate surface area is 421 Å². The average Bonchev–Trinajstić information content (AvgIpc) is 3.34. The number of hydrogen-bond donors (Lipinski definition) is 0. The number of unbranched alkanes of at least 4 members (excludes halogenated alkanes) is 29. The van der Waals surface area contributed by atoms with Crippen LogP contribution >= 0.6 is 0 Å². The van der Waals surface area contributed by atoms with E-state index >= 15 is 0 Å². The van der Waals surface area contributed by atoms with E-state index in [2.05, 4.69) is 93.7 Å². The van der Waals surface area contributed by atoms with Gasteiger partial charge in [-0.25, -0.2) is 0 Å². The van der Waals surface area contributed by atoms with Gasteiger partial charge in [-0.05, 0) is 109 Å². The molecular formula is C62H108O6. The van der Waals surface area contributed by atoms with Crippen molar-refractivity contribution in [1.29, 1.82) is 0 Å². The number of rotatable bonds is 52. The first-order chi connectivity index (χ1) is 33.5. The van der Waals surface area contributed by atoms with Crippen LogP contribution in [0.1, 0.15) is 284 Å². The smallest absolute Gasteiger partial charge is 0.306 e. The maximum Gasteiger partial charge on any atom is 0.306 e. The third-order valence-electron chi connectivity index (χ3n) is 12.4. The summed E-state index contributed by atoms with van der Waals surface area (Å²) in [6.45, 7) is 6.49. The van der Waals surface area contributed by atoms with Gasteiger partial charge >= 0.3 is 17.9 Å². The quantitative estimate of drug-likeness (QED) is 0.0262. The topological polar surface area (TPSA) is 78.9 Å². The first kappa shape index (κ1) is 64.8. The van der Waals surface area contributed by atoms with Gasteiger partial charge in [0.25, 0.3) is 0 Å². The second-order valence-electron chi connectivity index (χ2n) is 19.2. The van der Waals surface area contributed by atoms with Crippen LogP contribution in [-0.4, -0.2) is 37.2 Å². The van der Waals surface area contributed by atoms with Crippen molar-refractivity contribution >= 4 is 17.9 Å². The predicted octanol–water partition coefficient (Wildman–Crippen LogP) is 19.4. The largest absolute Gasteiger partial charge is 0.462 e. The summed E-state index contributed by atoms with van der Waals surface area (Å²) >= 11 is 0. The zero-order valence-electron chi connectivity index (χ0n) is 44.9. The number of hydrogen-bond acceptors (Lipinski definition) is 6. The van der Waals surface area contributed by atoms with Gasteiger partial charge in [0.2, 0.25) is 0 Å². The molecule has 0 fully saturated rings. The number of esters is 3. The van der Waals surface area contributed by atoms with Crippen molar-refractivity contribution in [3.63, 3.8) is 0 Å². The first-order valence-electron chi connectivity index (χ1n) is 28.9. The molecule has 0 saturated heterocycles. The van der Waals surface area contributed by atoms with Gasteiger partial charge in [-0.15, -0.1) is 0 Å². The van der Waals surface area contributed by atoms with Gasteiger partial charge in [0.05, 0.1) is 0 Å². The molecule has 0 aliphatic rings. The third-order valence-corrected chi connectivity index (χ3v) is 12.4. The van der Waals surface area contributed by atoms with Crippen LogP contribution in [0.4, 0.5) is 0 Å². The van der Waals surface area contributed by atoms with Gasteiger partial charge in [0, 0.05) is 19.3 Å². The minimum atomic E-state index is -0.792. The monoisotopic (exact) mass is 949 g/mol. The Bertz CT molecular complexity index is 1270. The Morgan fingerprint density at radius 2 is 0.574 bits per heavy atom. The minimum absolute atomic E-state index is 0.0886. The molecule has 0 aliphatic heterocycles. The fourth-order valence-corrected chi connectivity index (χ4v) is 8.07. The molecule has 0 heterocycles. The summed E-state index contributed by atoms with van der Waals surface area (Å²) < 4.78 is 16.8. The third kappa shape index (κ3) is 53.8. The molecule has 0 rings (SSSR count). The normalized spacial score (nSPS) is 12.6. The molecule has 0 aliphatic carbocycles. The summed E-state index contributed by atoms with van der Waals surface area (Å²) in [6, 6.07) is 0. The van der Waals surface area contributed by atoms with Gasteiger partial charge in [-0.2, -0.15) is 0 Å². The van der Waals surface area contributed by atoms with Crippen molar-refractivity contribution in [3.05, 3.63) is 72.9 Å². The highest BCUT2D eigenvalue weighted by molar-refractivity contribution is 5.71. The molecule has 0 amide bonds. The molecule has 0 aromatic carbocycles. The van der Waals surface area contributed by atoms with Crippen molar-refractivity contribution in [3.8, 4) is 0 Å². The minimum Gasteiger partial charge on any atom is -0.462 e. The zero-order chi connectivity index (χ0) is 49.3. The molecule has 392 valence electrons. The van der Waals surface area contributed by atoms with E-state index < -0.39 is 6.10 Å². The molecule has 0 aromatic heterocycles. The van der Waals surface area contributed by atoms with Crippen LogP contribution in [0.2, 0.25) is 0 Å². The van der Waals surface area contributed by atoms with E-state index in [-0.39, 0.29) is 31.1 Å². The molecule has 0 bridgehead atoms. The summed E-state index contributed by atoms with van der Waals surface area (Å²) in [6.07, 6.45) is 71.8. The number of carbonyl (C=O) groups excluding carboxylic acids is 3. The average molecular weight is 950 g/mol. The Morgan fingerprint density at radius 1 is 0.309 bits per heavy atom. The van der Waals surface area contributed by atoms with Crippen molar-refractivity contribution < 1.29 is 28.6 Å². The van der Waals surface area contributed by atoms with Crippen LogP contribution in [0.3, 0.4) is 0 Å². The second kappa shape index (κ2) is 56.4. The number of allylic oxidation sites excluding steroid dienone is 12. The van der Waals surface area contributed by atoms with Gasteiger partial charge in [-0.3, -0.25) is 14.4 Å². The van der Waals surface area contributed by atoms with Crippen LogP contribution in [0.15, 0.2) is 72.9 Å². The first-order valence-corrected chi connectivity index (χ1v) is 28.9. The van der Waals surface area contributed by atoms with Crippen LogP contribution in [0.5, 0.6) is 0 Å². The highest BCUT2D eigenvalue weighted by atomic mass is 16.6. The summed E-state index contributed by atoms with van der Waals surface area (Å²) in [5.74, 6) is -0.923. The molecule has 68 heavy (non-hydrogen) atoms. The number of carbonyl (C=O) groups is 3.